The predicted molar refractivity (Wildman–Crippen MR) is 80.4 cm³/mol. The topological polar surface area (TPSA) is 51.1 Å². The number of halogens is 1. The van der Waals surface area contributed by atoms with E-state index < -0.39 is 0 Å². The minimum Gasteiger partial charge on any atom is -0.460 e. The number of rotatable bonds is 5. The summed E-state index contributed by atoms with van der Waals surface area (Å²) in [6.07, 6.45) is 4.80. The molecule has 2 atom stereocenters. The lowest BCUT2D eigenvalue weighted by Crippen LogP contribution is -2.27. The highest BCUT2D eigenvalue weighted by molar-refractivity contribution is 6.28. The monoisotopic (exact) mass is 298 g/mol. The zero-order chi connectivity index (χ0) is 14.5. The molecule has 1 fully saturated rings. The van der Waals surface area contributed by atoms with Crippen LogP contribution in [0.4, 0.5) is 5.95 Å². The molecule has 1 aliphatic rings. The molecule has 1 aromatic heterocycles. The van der Waals surface area contributed by atoms with Gasteiger partial charge in [0.1, 0.15) is 6.10 Å². The largest absolute Gasteiger partial charge is 0.460 e. The SMILES string of the molecule is CCN(CC)c1nc(Cl)nc(OC2CCCC(C)C2)n1. The summed E-state index contributed by atoms with van der Waals surface area (Å²) in [6, 6.07) is 0.353. The Morgan fingerprint density at radius 1 is 1.20 bits per heavy atom. The van der Waals surface area contributed by atoms with Crippen LogP contribution >= 0.6 is 11.6 Å². The zero-order valence-corrected chi connectivity index (χ0v) is 13.2. The molecule has 2 unspecified atom stereocenters. The zero-order valence-electron chi connectivity index (χ0n) is 12.5. The highest BCUT2D eigenvalue weighted by Crippen LogP contribution is 2.27. The minimum atomic E-state index is 0.195. The summed E-state index contributed by atoms with van der Waals surface area (Å²) >= 11 is 5.99. The third-order valence-electron chi connectivity index (χ3n) is 3.78. The minimum absolute atomic E-state index is 0.195. The Morgan fingerprint density at radius 3 is 2.60 bits per heavy atom. The van der Waals surface area contributed by atoms with Crippen LogP contribution in [0.2, 0.25) is 5.28 Å². The fourth-order valence-corrected chi connectivity index (χ4v) is 2.81. The molecular formula is C14H23ClN4O. The summed E-state index contributed by atoms with van der Waals surface area (Å²) in [5, 5.41) is 0.195. The van der Waals surface area contributed by atoms with Crippen molar-refractivity contribution in [3.05, 3.63) is 5.28 Å². The second kappa shape index (κ2) is 7.07. The van der Waals surface area contributed by atoms with E-state index in [2.05, 4.69) is 35.7 Å². The van der Waals surface area contributed by atoms with Crippen molar-refractivity contribution in [2.45, 2.75) is 52.6 Å². The Balaban J connectivity index is 2.11. The molecule has 2 rings (SSSR count). The van der Waals surface area contributed by atoms with E-state index in [9.17, 15) is 0 Å². The maximum absolute atomic E-state index is 5.99. The standard InChI is InChI=1S/C14H23ClN4O/c1-4-19(5-2)13-16-12(15)17-14(18-13)20-11-8-6-7-10(3)9-11/h10-11H,4-9H2,1-3H3. The number of anilines is 1. The summed E-state index contributed by atoms with van der Waals surface area (Å²) in [5.41, 5.74) is 0. The van der Waals surface area contributed by atoms with Gasteiger partial charge in [-0.15, -0.1) is 0 Å². The van der Waals surface area contributed by atoms with Crippen molar-refractivity contribution in [1.82, 2.24) is 15.0 Å². The molecule has 5 nitrogen and oxygen atoms in total. The van der Waals surface area contributed by atoms with Gasteiger partial charge >= 0.3 is 6.01 Å². The molecule has 20 heavy (non-hydrogen) atoms. The Morgan fingerprint density at radius 2 is 1.95 bits per heavy atom. The Labute approximate surface area is 125 Å². The Hall–Kier alpha value is -1.10. The van der Waals surface area contributed by atoms with Crippen molar-refractivity contribution in [2.75, 3.05) is 18.0 Å². The molecular weight excluding hydrogens is 276 g/mol. The van der Waals surface area contributed by atoms with E-state index in [1.54, 1.807) is 0 Å². The first-order chi connectivity index (χ1) is 9.62. The van der Waals surface area contributed by atoms with Crippen LogP contribution in [0, 0.1) is 5.92 Å². The summed E-state index contributed by atoms with van der Waals surface area (Å²) in [7, 11) is 0. The van der Waals surface area contributed by atoms with Gasteiger partial charge in [-0.2, -0.15) is 15.0 Å². The van der Waals surface area contributed by atoms with Gasteiger partial charge in [-0.3, -0.25) is 0 Å². The van der Waals surface area contributed by atoms with Crippen LogP contribution in [0.3, 0.4) is 0 Å². The van der Waals surface area contributed by atoms with E-state index in [0.717, 1.165) is 25.9 Å². The van der Waals surface area contributed by atoms with Crippen LogP contribution in [-0.2, 0) is 0 Å². The summed E-state index contributed by atoms with van der Waals surface area (Å²) < 4.78 is 5.91. The van der Waals surface area contributed by atoms with Gasteiger partial charge in [0.25, 0.3) is 0 Å². The molecule has 1 aliphatic carbocycles. The lowest BCUT2D eigenvalue weighted by Gasteiger charge is -2.26. The molecule has 1 saturated carbocycles. The first-order valence-electron chi connectivity index (χ1n) is 7.45. The van der Waals surface area contributed by atoms with Gasteiger partial charge in [0.05, 0.1) is 0 Å². The molecule has 1 heterocycles. The quantitative estimate of drug-likeness (QED) is 0.834. The Kier molecular flexibility index (Phi) is 5.40. The molecule has 0 spiro atoms. The third-order valence-corrected chi connectivity index (χ3v) is 3.95. The number of hydrogen-bond acceptors (Lipinski definition) is 5. The molecule has 112 valence electrons. The number of nitrogens with zero attached hydrogens (tertiary/aromatic N) is 4. The average molecular weight is 299 g/mol. The van der Waals surface area contributed by atoms with Gasteiger partial charge in [0.15, 0.2) is 0 Å². The molecule has 0 aromatic carbocycles. The van der Waals surface area contributed by atoms with E-state index >= 15 is 0 Å². The van der Waals surface area contributed by atoms with E-state index in [0.29, 0.717) is 17.9 Å². The van der Waals surface area contributed by atoms with Crippen LogP contribution in [0.1, 0.15) is 46.5 Å². The van der Waals surface area contributed by atoms with E-state index in [4.69, 9.17) is 16.3 Å². The molecule has 6 heteroatoms. The van der Waals surface area contributed by atoms with Crippen LogP contribution in [-0.4, -0.2) is 34.1 Å². The lowest BCUT2D eigenvalue weighted by molar-refractivity contribution is 0.118. The molecule has 1 aromatic rings. The van der Waals surface area contributed by atoms with Crippen molar-refractivity contribution in [3.8, 4) is 6.01 Å². The molecule has 0 aliphatic heterocycles. The molecule has 0 saturated heterocycles. The average Bonchev–Trinajstić information content (AvgIpc) is 2.39. The van der Waals surface area contributed by atoms with Gasteiger partial charge < -0.3 is 9.64 Å². The third kappa shape index (κ3) is 3.95. The van der Waals surface area contributed by atoms with E-state index in [-0.39, 0.29) is 11.4 Å². The van der Waals surface area contributed by atoms with Gasteiger partial charge in [-0.1, -0.05) is 13.3 Å². The fraction of sp³-hybridized carbons (Fsp3) is 0.786. The number of hydrogen-bond donors (Lipinski definition) is 0. The van der Waals surface area contributed by atoms with Crippen LogP contribution in [0.25, 0.3) is 0 Å². The normalized spacial score (nSPS) is 22.6. The number of aromatic nitrogens is 3. The second-order valence-corrected chi connectivity index (χ2v) is 5.71. The summed E-state index contributed by atoms with van der Waals surface area (Å²) in [6.45, 7) is 8.04. The Bertz CT molecular complexity index is 439. The maximum atomic E-state index is 5.99. The maximum Gasteiger partial charge on any atom is 0.322 e. The van der Waals surface area contributed by atoms with Crippen LogP contribution in [0.5, 0.6) is 6.01 Å². The fourth-order valence-electron chi connectivity index (χ4n) is 2.66. The number of ether oxygens (including phenoxy) is 1. The van der Waals surface area contributed by atoms with Gasteiger partial charge in [-0.05, 0) is 50.6 Å². The second-order valence-electron chi connectivity index (χ2n) is 5.37. The van der Waals surface area contributed by atoms with E-state index in [1.807, 2.05) is 4.90 Å². The van der Waals surface area contributed by atoms with Crippen molar-refractivity contribution in [2.24, 2.45) is 5.92 Å². The van der Waals surface area contributed by atoms with Crippen molar-refractivity contribution < 1.29 is 4.74 Å². The lowest BCUT2D eigenvalue weighted by atomic mass is 9.89. The highest BCUT2D eigenvalue weighted by Gasteiger charge is 2.22. The van der Waals surface area contributed by atoms with Crippen LogP contribution in [0.15, 0.2) is 0 Å². The molecule has 0 N–H and O–H groups in total. The van der Waals surface area contributed by atoms with Crippen molar-refractivity contribution >= 4 is 17.5 Å². The van der Waals surface area contributed by atoms with Gasteiger partial charge in [-0.25, -0.2) is 0 Å². The molecule has 0 radical (unpaired) electrons. The van der Waals surface area contributed by atoms with Crippen molar-refractivity contribution in [3.63, 3.8) is 0 Å². The molecule has 0 bridgehead atoms. The summed E-state index contributed by atoms with van der Waals surface area (Å²) in [5.74, 6) is 1.29. The van der Waals surface area contributed by atoms with Gasteiger partial charge in [0.2, 0.25) is 11.2 Å². The first kappa shape index (κ1) is 15.3. The highest BCUT2D eigenvalue weighted by atomic mass is 35.5. The van der Waals surface area contributed by atoms with E-state index in [1.165, 1.54) is 12.8 Å². The summed E-state index contributed by atoms with van der Waals surface area (Å²) in [4.78, 5) is 14.7. The molecule has 0 amide bonds. The smallest absolute Gasteiger partial charge is 0.322 e. The van der Waals surface area contributed by atoms with Crippen molar-refractivity contribution in [1.29, 1.82) is 0 Å². The predicted octanol–water partition coefficient (Wildman–Crippen LogP) is 3.33. The van der Waals surface area contributed by atoms with Crippen LogP contribution < -0.4 is 9.64 Å². The van der Waals surface area contributed by atoms with Gasteiger partial charge in [0, 0.05) is 13.1 Å². The first-order valence-corrected chi connectivity index (χ1v) is 7.83.